The summed E-state index contributed by atoms with van der Waals surface area (Å²) in [4.78, 5) is 54.3. The van der Waals surface area contributed by atoms with E-state index < -0.39 is 11.6 Å². The number of nitrogens with zero attached hydrogens (tertiary/aromatic N) is 4. The Morgan fingerprint density at radius 1 is 1.02 bits per heavy atom. The molecule has 2 saturated heterocycles. The minimum atomic E-state index is -0.793. The molecule has 2 fully saturated rings. The van der Waals surface area contributed by atoms with Crippen LogP contribution >= 0.6 is 11.6 Å². The first-order valence-electron chi connectivity index (χ1n) is 15.9. The number of carbonyl (C=O) groups is 3. The van der Waals surface area contributed by atoms with E-state index >= 15 is 0 Å². The van der Waals surface area contributed by atoms with Crippen molar-refractivity contribution in [1.29, 1.82) is 0 Å². The number of ether oxygens (including phenoxy) is 1. The number of imidazole rings is 1. The number of halogens is 1. The molecule has 244 valence electrons. The highest BCUT2D eigenvalue weighted by molar-refractivity contribution is 6.31. The van der Waals surface area contributed by atoms with Crippen molar-refractivity contribution in [2.75, 3.05) is 31.8 Å². The van der Waals surface area contributed by atoms with Gasteiger partial charge in [0.05, 0.1) is 20.1 Å². The maximum absolute atomic E-state index is 14.3. The van der Waals surface area contributed by atoms with Crippen molar-refractivity contribution in [3.05, 3.63) is 113 Å². The second kappa shape index (κ2) is 14.3. The molecule has 1 aromatic heterocycles. The zero-order valence-electron chi connectivity index (χ0n) is 26.4. The standard InChI is InChI=1S/C36H39ClN6O4/c1-47-30-14-11-26(12-15-30)21-32(40-33(44)16-13-28-22-38-24-39-28)34(45)41-19-17-36(18-20-41)35(46)42(23-27-7-5-6-10-31(27)37)25-43(36)29-8-3-2-4-9-29/h2-12,14-15,22,24,32H,13,16-21,23,25H2,1H3,(H,38,39)(H,40,44). The van der Waals surface area contributed by atoms with Crippen molar-refractivity contribution < 1.29 is 19.1 Å². The van der Waals surface area contributed by atoms with E-state index in [0.29, 0.717) is 62.8 Å². The molecule has 1 spiro atoms. The lowest BCUT2D eigenvalue weighted by atomic mass is 9.85. The number of anilines is 1. The maximum Gasteiger partial charge on any atom is 0.250 e. The topological polar surface area (TPSA) is 111 Å². The molecule has 0 saturated carbocycles. The van der Waals surface area contributed by atoms with E-state index in [1.54, 1.807) is 24.5 Å². The molecule has 1 unspecified atom stereocenters. The fourth-order valence-electron chi connectivity index (χ4n) is 6.61. The van der Waals surface area contributed by atoms with Gasteiger partial charge in [-0.25, -0.2) is 4.98 Å². The number of rotatable bonds is 11. The quantitative estimate of drug-likeness (QED) is 0.245. The Bertz CT molecular complexity index is 1670. The molecule has 4 aromatic rings. The number of carbonyl (C=O) groups excluding carboxylic acids is 3. The molecule has 3 amide bonds. The molecule has 2 aliphatic rings. The number of hydrogen-bond acceptors (Lipinski definition) is 6. The lowest BCUT2D eigenvalue weighted by Gasteiger charge is -2.44. The van der Waals surface area contributed by atoms with E-state index in [1.165, 1.54) is 0 Å². The first-order chi connectivity index (χ1) is 22.9. The van der Waals surface area contributed by atoms with Crippen LogP contribution in [0.25, 0.3) is 0 Å². The number of benzene rings is 3. The molecule has 11 heteroatoms. The van der Waals surface area contributed by atoms with Gasteiger partial charge in [0.1, 0.15) is 17.3 Å². The van der Waals surface area contributed by atoms with E-state index in [-0.39, 0.29) is 24.1 Å². The fraction of sp³-hybridized carbons (Fsp3) is 0.333. The van der Waals surface area contributed by atoms with Crippen molar-refractivity contribution in [2.24, 2.45) is 0 Å². The van der Waals surface area contributed by atoms with Gasteiger partial charge >= 0.3 is 0 Å². The van der Waals surface area contributed by atoms with Gasteiger partial charge < -0.3 is 29.7 Å². The van der Waals surface area contributed by atoms with Crippen LogP contribution in [0.1, 0.15) is 36.1 Å². The monoisotopic (exact) mass is 654 g/mol. The van der Waals surface area contributed by atoms with Crippen molar-refractivity contribution >= 4 is 35.0 Å². The number of likely N-dealkylation sites (tertiary alicyclic amines) is 1. The predicted octanol–water partition coefficient (Wildman–Crippen LogP) is 4.60. The summed E-state index contributed by atoms with van der Waals surface area (Å²) in [6.07, 6.45) is 5.25. The number of piperidine rings is 1. The van der Waals surface area contributed by atoms with Gasteiger partial charge in [0, 0.05) is 55.1 Å². The van der Waals surface area contributed by atoms with Crippen LogP contribution in [0.3, 0.4) is 0 Å². The summed E-state index contributed by atoms with van der Waals surface area (Å²) in [6.45, 7) is 1.60. The van der Waals surface area contributed by atoms with Gasteiger partial charge in [-0.2, -0.15) is 0 Å². The molecule has 0 radical (unpaired) electrons. The van der Waals surface area contributed by atoms with Crippen LogP contribution in [0.2, 0.25) is 5.02 Å². The zero-order valence-corrected chi connectivity index (χ0v) is 27.2. The van der Waals surface area contributed by atoms with Crippen LogP contribution in [0.5, 0.6) is 5.75 Å². The van der Waals surface area contributed by atoms with Gasteiger partial charge in [0.2, 0.25) is 17.7 Å². The van der Waals surface area contributed by atoms with Crippen LogP contribution in [0, 0.1) is 0 Å². The van der Waals surface area contributed by atoms with Gasteiger partial charge in [0.25, 0.3) is 0 Å². The number of methoxy groups -OCH3 is 1. The third kappa shape index (κ3) is 7.12. The molecule has 10 nitrogen and oxygen atoms in total. The van der Waals surface area contributed by atoms with Gasteiger partial charge in [-0.1, -0.05) is 60.1 Å². The Hall–Kier alpha value is -4.83. The van der Waals surface area contributed by atoms with Crippen molar-refractivity contribution in [3.63, 3.8) is 0 Å². The average Bonchev–Trinajstić information content (AvgIpc) is 3.72. The fourth-order valence-corrected chi connectivity index (χ4v) is 6.80. The lowest BCUT2D eigenvalue weighted by Crippen LogP contribution is -2.59. The van der Waals surface area contributed by atoms with Gasteiger partial charge in [-0.05, 0) is 60.7 Å². The maximum atomic E-state index is 14.3. The van der Waals surface area contributed by atoms with Crippen LogP contribution < -0.4 is 15.0 Å². The van der Waals surface area contributed by atoms with Crippen LogP contribution in [-0.2, 0) is 33.8 Å². The number of aromatic amines is 1. The number of aromatic nitrogens is 2. The molecule has 3 heterocycles. The molecule has 6 rings (SSSR count). The second-order valence-electron chi connectivity index (χ2n) is 12.1. The summed E-state index contributed by atoms with van der Waals surface area (Å²) < 4.78 is 5.30. The first-order valence-corrected chi connectivity index (χ1v) is 16.3. The highest BCUT2D eigenvalue weighted by atomic mass is 35.5. The number of hydrogen-bond donors (Lipinski definition) is 2. The molecular formula is C36H39ClN6O4. The minimum absolute atomic E-state index is 0.0373. The smallest absolute Gasteiger partial charge is 0.250 e. The second-order valence-corrected chi connectivity index (χ2v) is 12.5. The minimum Gasteiger partial charge on any atom is -0.497 e. The Balaban J connectivity index is 1.19. The summed E-state index contributed by atoms with van der Waals surface area (Å²) in [5.41, 5.74) is 2.82. The van der Waals surface area contributed by atoms with Gasteiger partial charge in [-0.3, -0.25) is 14.4 Å². The summed E-state index contributed by atoms with van der Waals surface area (Å²) in [5.74, 6) is 0.385. The highest BCUT2D eigenvalue weighted by Gasteiger charge is 2.54. The highest BCUT2D eigenvalue weighted by Crippen LogP contribution is 2.40. The molecule has 0 aliphatic carbocycles. The summed E-state index contributed by atoms with van der Waals surface area (Å²) in [7, 11) is 1.61. The average molecular weight is 655 g/mol. The third-order valence-electron chi connectivity index (χ3n) is 9.21. The zero-order chi connectivity index (χ0) is 32.8. The lowest BCUT2D eigenvalue weighted by molar-refractivity contribution is -0.141. The first kappa shape index (κ1) is 32.1. The molecular weight excluding hydrogens is 616 g/mol. The Morgan fingerprint density at radius 3 is 2.43 bits per heavy atom. The van der Waals surface area contributed by atoms with Crippen LogP contribution in [0.15, 0.2) is 91.4 Å². The van der Waals surface area contributed by atoms with E-state index in [2.05, 4.69) is 20.2 Å². The Morgan fingerprint density at radius 2 is 1.74 bits per heavy atom. The normalized spacial score (nSPS) is 16.4. The number of amides is 3. The summed E-state index contributed by atoms with van der Waals surface area (Å²) in [6, 6.07) is 24.3. The molecule has 1 atom stereocenters. The molecule has 47 heavy (non-hydrogen) atoms. The van der Waals surface area contributed by atoms with Crippen molar-refractivity contribution in [3.8, 4) is 5.75 Å². The van der Waals surface area contributed by atoms with E-state index in [0.717, 1.165) is 22.5 Å². The number of nitrogens with one attached hydrogen (secondary N) is 2. The number of aryl methyl sites for hydroxylation is 1. The molecule has 2 aliphatic heterocycles. The molecule has 2 N–H and O–H groups in total. The van der Waals surface area contributed by atoms with Crippen LogP contribution in [0.4, 0.5) is 5.69 Å². The Labute approximate surface area is 279 Å². The van der Waals surface area contributed by atoms with Gasteiger partial charge in [-0.15, -0.1) is 0 Å². The SMILES string of the molecule is COc1ccc(CC(NC(=O)CCc2cnc[nH]2)C(=O)N2CCC3(CC2)C(=O)N(Cc2ccccc2Cl)CN3c2ccccc2)cc1. The van der Waals surface area contributed by atoms with Gasteiger partial charge in [0.15, 0.2) is 0 Å². The Kier molecular flexibility index (Phi) is 9.77. The van der Waals surface area contributed by atoms with Crippen molar-refractivity contribution in [2.45, 2.75) is 50.2 Å². The number of H-pyrrole nitrogens is 1. The molecule has 3 aromatic carbocycles. The van der Waals surface area contributed by atoms with Crippen molar-refractivity contribution in [1.82, 2.24) is 25.1 Å². The summed E-state index contributed by atoms with van der Waals surface area (Å²) >= 11 is 6.48. The summed E-state index contributed by atoms with van der Waals surface area (Å²) in [5, 5.41) is 3.63. The van der Waals surface area contributed by atoms with E-state index in [4.69, 9.17) is 16.3 Å². The molecule has 0 bridgehead atoms. The third-order valence-corrected chi connectivity index (χ3v) is 9.58. The van der Waals surface area contributed by atoms with Crippen LogP contribution in [-0.4, -0.2) is 75.9 Å². The number of para-hydroxylation sites is 1. The largest absolute Gasteiger partial charge is 0.497 e. The van der Waals surface area contributed by atoms with E-state index in [9.17, 15) is 14.4 Å². The predicted molar refractivity (Wildman–Crippen MR) is 180 cm³/mol. The van der Waals surface area contributed by atoms with E-state index in [1.807, 2.05) is 83.8 Å².